The van der Waals surface area contributed by atoms with Crippen molar-refractivity contribution in [2.45, 2.75) is 45.2 Å². The van der Waals surface area contributed by atoms with Crippen LogP contribution in [0.3, 0.4) is 0 Å². The molecule has 1 saturated carbocycles. The maximum atomic E-state index is 12.2. The van der Waals surface area contributed by atoms with Gasteiger partial charge in [-0.3, -0.25) is 9.67 Å². The standard InChI is InChI=1S/C18H24N4O2/c1-2-24-18(23)22(16-5-3-4-6-16)14-13-21-12-9-17(20-21)15-7-10-19-11-8-15/h7-12,16H,2-6,13-14H2,1H3. The molecule has 24 heavy (non-hydrogen) atoms. The van der Waals surface area contributed by atoms with E-state index in [2.05, 4.69) is 10.1 Å². The minimum atomic E-state index is -0.203. The number of aromatic nitrogens is 3. The predicted molar refractivity (Wildman–Crippen MR) is 91.4 cm³/mol. The number of rotatable bonds is 6. The van der Waals surface area contributed by atoms with Crippen LogP contribution < -0.4 is 0 Å². The molecule has 1 amide bonds. The van der Waals surface area contributed by atoms with Gasteiger partial charge in [0.25, 0.3) is 0 Å². The van der Waals surface area contributed by atoms with Gasteiger partial charge in [-0.25, -0.2) is 4.79 Å². The molecular formula is C18H24N4O2. The quantitative estimate of drug-likeness (QED) is 0.816. The summed E-state index contributed by atoms with van der Waals surface area (Å²) in [6.07, 6.45) is 9.79. The van der Waals surface area contributed by atoms with Crippen molar-refractivity contribution in [3.63, 3.8) is 0 Å². The highest BCUT2D eigenvalue weighted by Gasteiger charge is 2.27. The van der Waals surface area contributed by atoms with E-state index in [1.807, 2.05) is 40.9 Å². The molecule has 0 aromatic carbocycles. The molecule has 3 rings (SSSR count). The van der Waals surface area contributed by atoms with Gasteiger partial charge in [-0.2, -0.15) is 5.10 Å². The number of carbonyl (C=O) groups is 1. The fourth-order valence-electron chi connectivity index (χ4n) is 3.22. The van der Waals surface area contributed by atoms with Crippen molar-refractivity contribution in [3.8, 4) is 11.3 Å². The van der Waals surface area contributed by atoms with E-state index < -0.39 is 0 Å². The van der Waals surface area contributed by atoms with Gasteiger partial charge < -0.3 is 9.64 Å². The summed E-state index contributed by atoms with van der Waals surface area (Å²) < 4.78 is 7.12. The highest BCUT2D eigenvalue weighted by molar-refractivity contribution is 5.68. The van der Waals surface area contributed by atoms with E-state index in [0.29, 0.717) is 25.7 Å². The number of hydrogen-bond donors (Lipinski definition) is 0. The molecule has 1 aliphatic carbocycles. The van der Waals surface area contributed by atoms with Crippen molar-refractivity contribution in [2.24, 2.45) is 0 Å². The van der Waals surface area contributed by atoms with Crippen LogP contribution in [0, 0.1) is 0 Å². The highest BCUT2D eigenvalue weighted by Crippen LogP contribution is 2.24. The van der Waals surface area contributed by atoms with Gasteiger partial charge in [-0.1, -0.05) is 12.8 Å². The first-order valence-electron chi connectivity index (χ1n) is 8.65. The Balaban J connectivity index is 1.64. The summed E-state index contributed by atoms with van der Waals surface area (Å²) in [5, 5.41) is 4.59. The third-order valence-corrected chi connectivity index (χ3v) is 4.45. The second-order valence-electron chi connectivity index (χ2n) is 6.03. The first kappa shape index (κ1) is 16.5. The van der Waals surface area contributed by atoms with Crippen LogP contribution >= 0.6 is 0 Å². The Labute approximate surface area is 142 Å². The molecule has 1 fully saturated rings. The van der Waals surface area contributed by atoms with E-state index in [1.165, 1.54) is 12.8 Å². The Kier molecular flexibility index (Phi) is 5.46. The number of carbonyl (C=O) groups excluding carboxylic acids is 1. The molecule has 0 spiro atoms. The van der Waals surface area contributed by atoms with Crippen LogP contribution in [0.15, 0.2) is 36.8 Å². The third kappa shape index (κ3) is 3.93. The Morgan fingerprint density at radius 2 is 2.04 bits per heavy atom. The summed E-state index contributed by atoms with van der Waals surface area (Å²) in [4.78, 5) is 18.2. The fourth-order valence-corrected chi connectivity index (χ4v) is 3.22. The van der Waals surface area contributed by atoms with Crippen LogP contribution in [0.2, 0.25) is 0 Å². The van der Waals surface area contributed by atoms with Crippen LogP contribution in [-0.2, 0) is 11.3 Å². The van der Waals surface area contributed by atoms with Crippen LogP contribution in [-0.4, -0.2) is 45.0 Å². The van der Waals surface area contributed by atoms with E-state index in [0.717, 1.165) is 24.1 Å². The molecule has 0 aliphatic heterocycles. The Morgan fingerprint density at radius 3 is 2.75 bits per heavy atom. The van der Waals surface area contributed by atoms with Gasteiger partial charge in [0.1, 0.15) is 0 Å². The van der Waals surface area contributed by atoms with Crippen LogP contribution in [0.4, 0.5) is 4.79 Å². The minimum Gasteiger partial charge on any atom is -0.450 e. The average Bonchev–Trinajstić information content (AvgIpc) is 3.28. The molecular weight excluding hydrogens is 304 g/mol. The van der Waals surface area contributed by atoms with Crippen molar-refractivity contribution >= 4 is 6.09 Å². The highest BCUT2D eigenvalue weighted by atomic mass is 16.6. The van der Waals surface area contributed by atoms with Crippen LogP contribution in [0.1, 0.15) is 32.6 Å². The lowest BCUT2D eigenvalue weighted by Gasteiger charge is -2.27. The Morgan fingerprint density at radius 1 is 1.29 bits per heavy atom. The predicted octanol–water partition coefficient (Wildman–Crippen LogP) is 3.35. The third-order valence-electron chi connectivity index (χ3n) is 4.45. The lowest BCUT2D eigenvalue weighted by atomic mass is 10.2. The number of ether oxygens (including phenoxy) is 1. The summed E-state index contributed by atoms with van der Waals surface area (Å²) in [7, 11) is 0. The van der Waals surface area contributed by atoms with E-state index in [9.17, 15) is 4.79 Å². The summed E-state index contributed by atoms with van der Waals surface area (Å²) >= 11 is 0. The van der Waals surface area contributed by atoms with Gasteiger partial charge in [0, 0.05) is 36.7 Å². The molecule has 0 atom stereocenters. The van der Waals surface area contributed by atoms with Crippen molar-refractivity contribution in [1.82, 2.24) is 19.7 Å². The van der Waals surface area contributed by atoms with Gasteiger partial charge >= 0.3 is 6.09 Å². The zero-order chi connectivity index (χ0) is 16.8. The van der Waals surface area contributed by atoms with Gasteiger partial charge in [0.2, 0.25) is 0 Å². The lowest BCUT2D eigenvalue weighted by Crippen LogP contribution is -2.41. The van der Waals surface area contributed by atoms with Gasteiger partial charge in [-0.15, -0.1) is 0 Å². The molecule has 2 aromatic heterocycles. The SMILES string of the molecule is CCOC(=O)N(CCn1ccc(-c2ccncc2)n1)C1CCCC1. The van der Waals surface area contributed by atoms with Crippen molar-refractivity contribution in [3.05, 3.63) is 36.8 Å². The Hall–Kier alpha value is -2.37. The maximum absolute atomic E-state index is 12.2. The number of amides is 1. The molecule has 0 N–H and O–H groups in total. The summed E-state index contributed by atoms with van der Waals surface area (Å²) in [6, 6.07) is 6.17. The smallest absolute Gasteiger partial charge is 0.410 e. The van der Waals surface area contributed by atoms with Gasteiger partial charge in [0.15, 0.2) is 0 Å². The van der Waals surface area contributed by atoms with Crippen molar-refractivity contribution < 1.29 is 9.53 Å². The molecule has 0 unspecified atom stereocenters. The average molecular weight is 328 g/mol. The normalized spacial score (nSPS) is 14.7. The molecule has 6 heteroatoms. The first-order valence-corrected chi connectivity index (χ1v) is 8.65. The number of hydrogen-bond acceptors (Lipinski definition) is 4. The van der Waals surface area contributed by atoms with E-state index in [1.54, 1.807) is 12.4 Å². The van der Waals surface area contributed by atoms with E-state index >= 15 is 0 Å². The molecule has 0 radical (unpaired) electrons. The largest absolute Gasteiger partial charge is 0.450 e. The maximum Gasteiger partial charge on any atom is 0.410 e. The summed E-state index contributed by atoms with van der Waals surface area (Å²) in [5.74, 6) is 0. The summed E-state index contributed by atoms with van der Waals surface area (Å²) in [5.41, 5.74) is 1.96. The molecule has 0 bridgehead atoms. The van der Waals surface area contributed by atoms with Crippen molar-refractivity contribution in [1.29, 1.82) is 0 Å². The monoisotopic (exact) mass is 328 g/mol. The van der Waals surface area contributed by atoms with Crippen LogP contribution in [0.25, 0.3) is 11.3 Å². The topological polar surface area (TPSA) is 60.2 Å². The molecule has 0 saturated heterocycles. The molecule has 2 aromatic rings. The molecule has 2 heterocycles. The van der Waals surface area contributed by atoms with Crippen molar-refractivity contribution in [2.75, 3.05) is 13.2 Å². The minimum absolute atomic E-state index is 0.203. The molecule has 1 aliphatic rings. The summed E-state index contributed by atoms with van der Waals surface area (Å²) in [6.45, 7) is 3.55. The number of pyridine rings is 1. The van der Waals surface area contributed by atoms with Gasteiger partial charge in [0.05, 0.1) is 18.8 Å². The van der Waals surface area contributed by atoms with E-state index in [4.69, 9.17) is 4.74 Å². The number of nitrogens with zero attached hydrogens (tertiary/aromatic N) is 4. The second-order valence-corrected chi connectivity index (χ2v) is 6.03. The second kappa shape index (κ2) is 7.95. The zero-order valence-electron chi connectivity index (χ0n) is 14.1. The fraction of sp³-hybridized carbons (Fsp3) is 0.500. The first-order chi connectivity index (χ1) is 11.8. The Bertz CT molecular complexity index is 650. The van der Waals surface area contributed by atoms with E-state index in [-0.39, 0.29) is 6.09 Å². The zero-order valence-corrected chi connectivity index (χ0v) is 14.1. The van der Waals surface area contributed by atoms with Gasteiger partial charge in [-0.05, 0) is 38.0 Å². The van der Waals surface area contributed by atoms with Crippen LogP contribution in [0.5, 0.6) is 0 Å². The molecule has 128 valence electrons. The lowest BCUT2D eigenvalue weighted by molar-refractivity contribution is 0.0887. The molecule has 6 nitrogen and oxygen atoms in total.